The Morgan fingerprint density at radius 2 is 2.50 bits per heavy atom. The lowest BCUT2D eigenvalue weighted by molar-refractivity contribution is 0.184. The number of hydrogen-bond donors (Lipinski definition) is 2. The van der Waals surface area contributed by atoms with E-state index >= 15 is 0 Å². The van der Waals surface area contributed by atoms with E-state index in [0.717, 1.165) is 44.2 Å². The fraction of sp³-hybridized carbons (Fsp3) is 0.818. The number of aryl methyl sites for hydroxylation is 1. The van der Waals surface area contributed by atoms with E-state index in [1.54, 1.807) is 0 Å². The van der Waals surface area contributed by atoms with Crippen molar-refractivity contribution in [3.63, 3.8) is 0 Å². The largest absolute Gasteiger partial charge is 0.381 e. The highest BCUT2D eigenvalue weighted by Gasteiger charge is 2.17. The summed E-state index contributed by atoms with van der Waals surface area (Å²) >= 11 is 0. The summed E-state index contributed by atoms with van der Waals surface area (Å²) < 4.78 is 5.34. The standard InChI is InChI=1S/C11H20N4O/c1-3-10-13-11(15-14-10)8(2)12-6-9-4-5-16-7-9/h8-9,12H,3-7H2,1-2H3,(H,13,14,15). The molecule has 2 atom stereocenters. The number of H-pyrrole nitrogens is 1. The van der Waals surface area contributed by atoms with Crippen molar-refractivity contribution in [3.8, 4) is 0 Å². The Labute approximate surface area is 96.0 Å². The van der Waals surface area contributed by atoms with Crippen molar-refractivity contribution in [3.05, 3.63) is 11.6 Å². The van der Waals surface area contributed by atoms with Crippen LogP contribution < -0.4 is 5.32 Å². The van der Waals surface area contributed by atoms with Gasteiger partial charge in [-0.15, -0.1) is 0 Å². The molecule has 1 aromatic rings. The highest BCUT2D eigenvalue weighted by atomic mass is 16.5. The average molecular weight is 224 g/mol. The van der Waals surface area contributed by atoms with Crippen LogP contribution in [-0.4, -0.2) is 34.9 Å². The van der Waals surface area contributed by atoms with E-state index in [1.807, 2.05) is 0 Å². The van der Waals surface area contributed by atoms with E-state index in [4.69, 9.17) is 4.74 Å². The number of aromatic nitrogens is 3. The van der Waals surface area contributed by atoms with Gasteiger partial charge >= 0.3 is 0 Å². The van der Waals surface area contributed by atoms with Gasteiger partial charge in [0.25, 0.3) is 0 Å². The Kier molecular flexibility index (Phi) is 3.90. The van der Waals surface area contributed by atoms with Crippen LogP contribution >= 0.6 is 0 Å². The van der Waals surface area contributed by atoms with Gasteiger partial charge in [-0.05, 0) is 19.3 Å². The first kappa shape index (κ1) is 11.5. The quantitative estimate of drug-likeness (QED) is 0.785. The van der Waals surface area contributed by atoms with Crippen LogP contribution in [0.15, 0.2) is 0 Å². The lowest BCUT2D eigenvalue weighted by Gasteiger charge is -2.13. The van der Waals surface area contributed by atoms with Crippen LogP contribution in [0.2, 0.25) is 0 Å². The Morgan fingerprint density at radius 3 is 3.12 bits per heavy atom. The van der Waals surface area contributed by atoms with E-state index < -0.39 is 0 Å². The Balaban J connectivity index is 1.80. The molecule has 2 heterocycles. The summed E-state index contributed by atoms with van der Waals surface area (Å²) in [4.78, 5) is 4.41. The molecule has 16 heavy (non-hydrogen) atoms. The van der Waals surface area contributed by atoms with Gasteiger partial charge in [0.2, 0.25) is 0 Å². The summed E-state index contributed by atoms with van der Waals surface area (Å²) in [7, 11) is 0. The number of aromatic amines is 1. The molecule has 5 nitrogen and oxygen atoms in total. The summed E-state index contributed by atoms with van der Waals surface area (Å²) in [5.74, 6) is 2.45. The molecule has 0 bridgehead atoms. The molecule has 1 fully saturated rings. The Bertz CT molecular complexity index is 320. The van der Waals surface area contributed by atoms with E-state index in [-0.39, 0.29) is 6.04 Å². The van der Waals surface area contributed by atoms with Crippen molar-refractivity contribution in [2.24, 2.45) is 5.92 Å². The maximum atomic E-state index is 5.34. The summed E-state index contributed by atoms with van der Waals surface area (Å²) in [5.41, 5.74) is 0. The minimum absolute atomic E-state index is 0.206. The molecule has 0 radical (unpaired) electrons. The third kappa shape index (κ3) is 2.80. The van der Waals surface area contributed by atoms with Crippen molar-refractivity contribution in [1.29, 1.82) is 0 Å². The second kappa shape index (κ2) is 5.41. The number of nitrogens with zero attached hydrogens (tertiary/aromatic N) is 2. The first-order valence-electron chi connectivity index (χ1n) is 6.02. The predicted octanol–water partition coefficient (Wildman–Crippen LogP) is 1.05. The zero-order chi connectivity index (χ0) is 11.4. The molecule has 1 aliphatic heterocycles. The fourth-order valence-corrected chi connectivity index (χ4v) is 1.84. The number of nitrogens with one attached hydrogen (secondary N) is 2. The van der Waals surface area contributed by atoms with E-state index in [2.05, 4.69) is 34.3 Å². The first-order valence-corrected chi connectivity index (χ1v) is 6.02. The van der Waals surface area contributed by atoms with Gasteiger partial charge in [0.15, 0.2) is 5.82 Å². The van der Waals surface area contributed by atoms with Gasteiger partial charge in [0, 0.05) is 19.6 Å². The molecule has 2 N–H and O–H groups in total. The van der Waals surface area contributed by atoms with Crippen LogP contribution in [0.5, 0.6) is 0 Å². The zero-order valence-corrected chi connectivity index (χ0v) is 9.99. The summed E-state index contributed by atoms with van der Waals surface area (Å²) in [6, 6.07) is 0.206. The molecule has 0 amide bonds. The molecule has 2 rings (SSSR count). The van der Waals surface area contributed by atoms with Crippen LogP contribution in [0.1, 0.15) is 38.0 Å². The van der Waals surface area contributed by atoms with E-state index in [1.165, 1.54) is 0 Å². The van der Waals surface area contributed by atoms with Crippen molar-refractivity contribution in [1.82, 2.24) is 20.5 Å². The molecule has 0 saturated carbocycles. The molecule has 2 unspecified atom stereocenters. The molecule has 5 heteroatoms. The second-order valence-electron chi connectivity index (χ2n) is 4.35. The van der Waals surface area contributed by atoms with Gasteiger partial charge in [-0.3, -0.25) is 5.10 Å². The minimum Gasteiger partial charge on any atom is -0.381 e. The maximum absolute atomic E-state index is 5.34. The molecular formula is C11H20N4O. The van der Waals surface area contributed by atoms with E-state index in [0.29, 0.717) is 5.92 Å². The predicted molar refractivity (Wildman–Crippen MR) is 61.1 cm³/mol. The highest BCUT2D eigenvalue weighted by Crippen LogP contribution is 2.13. The number of ether oxygens (including phenoxy) is 1. The smallest absolute Gasteiger partial charge is 0.167 e. The van der Waals surface area contributed by atoms with Crippen LogP contribution in [0.25, 0.3) is 0 Å². The second-order valence-corrected chi connectivity index (χ2v) is 4.35. The Hall–Kier alpha value is -0.940. The van der Waals surface area contributed by atoms with Crippen LogP contribution in [-0.2, 0) is 11.2 Å². The molecule has 0 aromatic carbocycles. The molecular weight excluding hydrogens is 204 g/mol. The van der Waals surface area contributed by atoms with E-state index in [9.17, 15) is 0 Å². The molecule has 0 spiro atoms. The van der Waals surface area contributed by atoms with Crippen LogP contribution in [0.4, 0.5) is 0 Å². The van der Waals surface area contributed by atoms with Gasteiger partial charge in [-0.1, -0.05) is 6.92 Å². The topological polar surface area (TPSA) is 62.8 Å². The molecule has 0 aliphatic carbocycles. The number of rotatable bonds is 5. The summed E-state index contributed by atoms with van der Waals surface area (Å²) in [6.07, 6.45) is 2.06. The maximum Gasteiger partial charge on any atom is 0.167 e. The van der Waals surface area contributed by atoms with Gasteiger partial charge in [0.1, 0.15) is 5.82 Å². The lowest BCUT2D eigenvalue weighted by atomic mass is 10.1. The highest BCUT2D eigenvalue weighted by molar-refractivity contribution is 4.95. The van der Waals surface area contributed by atoms with Crippen LogP contribution in [0.3, 0.4) is 0 Å². The van der Waals surface area contributed by atoms with Crippen molar-refractivity contribution < 1.29 is 4.74 Å². The molecule has 1 aromatic heterocycles. The zero-order valence-electron chi connectivity index (χ0n) is 9.99. The Morgan fingerprint density at radius 1 is 1.62 bits per heavy atom. The van der Waals surface area contributed by atoms with Crippen LogP contribution in [0, 0.1) is 5.92 Å². The third-order valence-electron chi connectivity index (χ3n) is 3.01. The molecule has 1 saturated heterocycles. The van der Waals surface area contributed by atoms with Gasteiger partial charge < -0.3 is 10.1 Å². The normalized spacial score (nSPS) is 22.5. The summed E-state index contributed by atoms with van der Waals surface area (Å²) in [5, 5.41) is 10.6. The van der Waals surface area contributed by atoms with Gasteiger partial charge in [0.05, 0.1) is 12.6 Å². The lowest BCUT2D eigenvalue weighted by Crippen LogP contribution is -2.26. The SMILES string of the molecule is CCc1nc(C(C)NCC2CCOC2)n[nH]1. The average Bonchev–Trinajstić information content (AvgIpc) is 2.96. The van der Waals surface area contributed by atoms with Crippen molar-refractivity contribution in [2.75, 3.05) is 19.8 Å². The first-order chi connectivity index (χ1) is 7.79. The fourth-order valence-electron chi connectivity index (χ4n) is 1.84. The van der Waals surface area contributed by atoms with Gasteiger partial charge in [-0.2, -0.15) is 5.10 Å². The minimum atomic E-state index is 0.206. The van der Waals surface area contributed by atoms with Crippen molar-refractivity contribution >= 4 is 0 Å². The molecule has 90 valence electrons. The van der Waals surface area contributed by atoms with Crippen molar-refractivity contribution in [2.45, 2.75) is 32.7 Å². The monoisotopic (exact) mass is 224 g/mol. The number of hydrogen-bond acceptors (Lipinski definition) is 4. The molecule has 1 aliphatic rings. The van der Waals surface area contributed by atoms with Gasteiger partial charge in [-0.25, -0.2) is 4.98 Å². The third-order valence-corrected chi connectivity index (χ3v) is 3.01. The summed E-state index contributed by atoms with van der Waals surface area (Å²) in [6.45, 7) is 6.93.